The number of urea groups is 1. The number of carbonyl (C=O) groups excluding carboxylic acids is 2. The average Bonchev–Trinajstić information content (AvgIpc) is 2.86. The van der Waals surface area contributed by atoms with E-state index in [1.165, 1.54) is 11.8 Å². The maximum atomic E-state index is 12.8. The molecule has 0 spiro atoms. The summed E-state index contributed by atoms with van der Waals surface area (Å²) in [6.07, 6.45) is 1.68. The lowest BCUT2D eigenvalue weighted by Gasteiger charge is -2.40. The van der Waals surface area contributed by atoms with Crippen molar-refractivity contribution >= 4 is 58.4 Å². The first-order valence-electron chi connectivity index (χ1n) is 11.3. The number of benzene rings is 1. The molecule has 4 rings (SSSR count). The molecule has 3 aromatic rings. The molecule has 9 nitrogen and oxygen atoms in total. The van der Waals surface area contributed by atoms with Gasteiger partial charge in [-0.15, -0.1) is 0 Å². The van der Waals surface area contributed by atoms with Crippen LogP contribution in [0.3, 0.4) is 0 Å². The minimum atomic E-state index is -0.182. The molecule has 12 heteroatoms. The summed E-state index contributed by atoms with van der Waals surface area (Å²) in [6.45, 7) is 4.00. The Morgan fingerprint density at radius 1 is 1.11 bits per heavy atom. The maximum Gasteiger partial charge on any atom is 0.322 e. The fourth-order valence-electron chi connectivity index (χ4n) is 3.71. The third kappa shape index (κ3) is 7.22. The number of halogens is 2. The van der Waals surface area contributed by atoms with Crippen LogP contribution in [0.2, 0.25) is 10.2 Å². The minimum absolute atomic E-state index is 0.0693. The van der Waals surface area contributed by atoms with E-state index in [0.717, 1.165) is 5.69 Å². The Kier molecular flexibility index (Phi) is 8.84. The fraction of sp³-hybridized carbons (Fsp3) is 0.292. The zero-order valence-electron chi connectivity index (χ0n) is 19.5. The summed E-state index contributed by atoms with van der Waals surface area (Å²) < 4.78 is 0. The van der Waals surface area contributed by atoms with Crippen molar-refractivity contribution in [2.45, 2.75) is 24.7 Å². The largest absolute Gasteiger partial charge is 0.353 e. The molecule has 2 aromatic heterocycles. The van der Waals surface area contributed by atoms with E-state index < -0.39 is 0 Å². The van der Waals surface area contributed by atoms with Gasteiger partial charge in [0.1, 0.15) is 11.0 Å². The number of thioether (sulfide) groups is 1. The SMILES string of the molecule is CC1CN(c2cc(Cl)nc(SCC(=O)NCc3ccccn3)n2)CCN1C(=O)Nc1cccc(Cl)c1. The van der Waals surface area contributed by atoms with Gasteiger partial charge in [-0.3, -0.25) is 9.78 Å². The highest BCUT2D eigenvalue weighted by molar-refractivity contribution is 7.99. The topological polar surface area (TPSA) is 103 Å². The highest BCUT2D eigenvalue weighted by Gasteiger charge is 2.28. The van der Waals surface area contributed by atoms with Crippen molar-refractivity contribution in [3.63, 3.8) is 0 Å². The second-order valence-corrected chi connectivity index (χ2v) is 9.91. The molecule has 1 fully saturated rings. The highest BCUT2D eigenvalue weighted by Crippen LogP contribution is 2.24. The van der Waals surface area contributed by atoms with Crippen molar-refractivity contribution in [1.82, 2.24) is 25.2 Å². The summed E-state index contributed by atoms with van der Waals surface area (Å²) in [5.74, 6) is 0.664. The van der Waals surface area contributed by atoms with E-state index in [0.29, 0.717) is 53.0 Å². The van der Waals surface area contributed by atoms with Gasteiger partial charge >= 0.3 is 6.03 Å². The van der Waals surface area contributed by atoms with E-state index in [1.54, 1.807) is 41.4 Å². The van der Waals surface area contributed by atoms with E-state index >= 15 is 0 Å². The Bertz CT molecular complexity index is 1220. The Hall–Kier alpha value is -3.08. The van der Waals surface area contributed by atoms with Gasteiger partial charge in [0.15, 0.2) is 5.16 Å². The van der Waals surface area contributed by atoms with Gasteiger partial charge < -0.3 is 20.4 Å². The lowest BCUT2D eigenvalue weighted by Crippen LogP contribution is -2.55. The number of piperazine rings is 1. The molecule has 3 heterocycles. The van der Waals surface area contributed by atoms with Gasteiger partial charge in [-0.1, -0.05) is 47.1 Å². The Morgan fingerprint density at radius 3 is 2.72 bits per heavy atom. The second kappa shape index (κ2) is 12.2. The average molecular weight is 546 g/mol. The number of anilines is 2. The lowest BCUT2D eigenvalue weighted by atomic mass is 10.2. The van der Waals surface area contributed by atoms with Gasteiger partial charge in [0, 0.05) is 48.6 Å². The molecule has 0 aliphatic carbocycles. The molecule has 3 amide bonds. The van der Waals surface area contributed by atoms with E-state index in [9.17, 15) is 9.59 Å². The van der Waals surface area contributed by atoms with Crippen LogP contribution in [0, 0.1) is 0 Å². The summed E-state index contributed by atoms with van der Waals surface area (Å²) in [4.78, 5) is 41.9. The van der Waals surface area contributed by atoms with E-state index in [2.05, 4.69) is 30.5 Å². The molecule has 0 saturated carbocycles. The molecule has 1 aromatic carbocycles. The zero-order chi connectivity index (χ0) is 25.5. The molecule has 2 N–H and O–H groups in total. The number of rotatable bonds is 7. The van der Waals surface area contributed by atoms with Gasteiger partial charge in [0.2, 0.25) is 5.91 Å². The quantitative estimate of drug-likeness (QED) is 0.258. The summed E-state index contributed by atoms with van der Waals surface area (Å²) in [7, 11) is 0. The first-order chi connectivity index (χ1) is 17.4. The number of pyridine rings is 1. The van der Waals surface area contributed by atoms with Crippen molar-refractivity contribution in [3.8, 4) is 0 Å². The first kappa shape index (κ1) is 26.0. The van der Waals surface area contributed by atoms with Gasteiger partial charge in [0.05, 0.1) is 18.0 Å². The maximum absolute atomic E-state index is 12.8. The smallest absolute Gasteiger partial charge is 0.322 e. The summed E-state index contributed by atoms with van der Waals surface area (Å²) >= 11 is 13.5. The molecule has 1 aliphatic rings. The molecule has 188 valence electrons. The van der Waals surface area contributed by atoms with Crippen LogP contribution in [0.1, 0.15) is 12.6 Å². The Morgan fingerprint density at radius 2 is 1.97 bits per heavy atom. The second-order valence-electron chi connectivity index (χ2n) is 8.15. The number of hydrogen-bond donors (Lipinski definition) is 2. The van der Waals surface area contributed by atoms with Gasteiger partial charge in [-0.25, -0.2) is 14.8 Å². The summed E-state index contributed by atoms with van der Waals surface area (Å²) in [5, 5.41) is 7.00. The molecule has 36 heavy (non-hydrogen) atoms. The van der Waals surface area contributed by atoms with Gasteiger partial charge in [-0.05, 0) is 37.3 Å². The molecule has 1 unspecified atom stereocenters. The van der Waals surface area contributed by atoms with Crippen molar-refractivity contribution in [2.24, 2.45) is 0 Å². The number of nitrogens with one attached hydrogen (secondary N) is 2. The number of carbonyl (C=O) groups is 2. The van der Waals surface area contributed by atoms with E-state index in [4.69, 9.17) is 23.2 Å². The lowest BCUT2D eigenvalue weighted by molar-refractivity contribution is -0.118. The minimum Gasteiger partial charge on any atom is -0.353 e. The predicted molar refractivity (Wildman–Crippen MR) is 143 cm³/mol. The van der Waals surface area contributed by atoms with Crippen LogP contribution in [0.4, 0.5) is 16.3 Å². The van der Waals surface area contributed by atoms with Crippen molar-refractivity contribution in [3.05, 3.63) is 70.6 Å². The standard InChI is InChI=1S/C24H25Cl2N7O2S/c1-16-14-32(9-10-33(16)24(35)29-18-7-4-5-17(25)11-18)21-12-20(26)30-23(31-21)36-15-22(34)28-13-19-6-2-3-8-27-19/h2-8,11-12,16H,9-10,13-15H2,1H3,(H,28,34)(H,29,35). The summed E-state index contributed by atoms with van der Waals surface area (Å²) in [5.41, 5.74) is 1.43. The molecule has 1 saturated heterocycles. The van der Waals surface area contributed by atoms with Crippen LogP contribution in [0.25, 0.3) is 0 Å². The number of hydrogen-bond acceptors (Lipinski definition) is 7. The number of amides is 3. The molecular weight excluding hydrogens is 521 g/mol. The molecule has 0 bridgehead atoms. The zero-order valence-corrected chi connectivity index (χ0v) is 21.9. The van der Waals surface area contributed by atoms with Crippen LogP contribution >= 0.6 is 35.0 Å². The molecule has 0 radical (unpaired) electrons. The van der Waals surface area contributed by atoms with Crippen LogP contribution in [-0.2, 0) is 11.3 Å². The summed E-state index contributed by atoms with van der Waals surface area (Å²) in [6, 6.07) is 14.0. The predicted octanol–water partition coefficient (Wildman–Crippen LogP) is 4.33. The third-order valence-corrected chi connectivity index (χ3v) is 6.75. The fourth-order valence-corrected chi connectivity index (χ4v) is 4.82. The van der Waals surface area contributed by atoms with E-state index in [-0.39, 0.29) is 23.7 Å². The van der Waals surface area contributed by atoms with Gasteiger partial charge in [-0.2, -0.15) is 0 Å². The first-order valence-corrected chi connectivity index (χ1v) is 13.0. The number of aromatic nitrogens is 3. The van der Waals surface area contributed by atoms with Crippen molar-refractivity contribution in [1.29, 1.82) is 0 Å². The van der Waals surface area contributed by atoms with Gasteiger partial charge in [0.25, 0.3) is 0 Å². The third-order valence-electron chi connectivity index (χ3n) is 5.47. The van der Waals surface area contributed by atoms with Crippen LogP contribution in [0.15, 0.2) is 59.9 Å². The molecule has 1 atom stereocenters. The normalized spacial score (nSPS) is 15.5. The Labute approximate surface area is 223 Å². The monoisotopic (exact) mass is 545 g/mol. The van der Waals surface area contributed by atoms with E-state index in [1.807, 2.05) is 25.1 Å². The van der Waals surface area contributed by atoms with Crippen LogP contribution in [-0.4, -0.2) is 63.2 Å². The van der Waals surface area contributed by atoms with Crippen molar-refractivity contribution in [2.75, 3.05) is 35.6 Å². The molecular formula is C24H25Cl2N7O2S. The Balaban J connectivity index is 1.31. The van der Waals surface area contributed by atoms with Crippen LogP contribution in [0.5, 0.6) is 0 Å². The van der Waals surface area contributed by atoms with Crippen molar-refractivity contribution < 1.29 is 9.59 Å². The molecule has 1 aliphatic heterocycles. The highest BCUT2D eigenvalue weighted by atomic mass is 35.5. The number of nitrogens with zero attached hydrogens (tertiary/aromatic N) is 5. The van der Waals surface area contributed by atoms with Crippen LogP contribution < -0.4 is 15.5 Å².